The summed E-state index contributed by atoms with van der Waals surface area (Å²) in [6.07, 6.45) is -0.292. The number of carbonyl (C=O) groups is 1. The van der Waals surface area contributed by atoms with Crippen LogP contribution >= 0.6 is 0 Å². The molecule has 1 saturated heterocycles. The number of rotatable bonds is 8. The zero-order valence-electron chi connectivity index (χ0n) is 14.0. The molecule has 0 radical (unpaired) electrons. The molecule has 1 heterocycles. The Morgan fingerprint density at radius 2 is 2.00 bits per heavy atom. The molecule has 21 heavy (non-hydrogen) atoms. The summed E-state index contributed by atoms with van der Waals surface area (Å²) in [5.41, 5.74) is -0.240. The lowest BCUT2D eigenvalue weighted by atomic mass is 9.89. The number of nitrogens with zero attached hydrogens (tertiary/aromatic N) is 1. The first-order valence-corrected chi connectivity index (χ1v) is 7.51. The normalized spacial score (nSPS) is 17.2. The average Bonchev–Trinajstić information content (AvgIpc) is 2.33. The van der Waals surface area contributed by atoms with Gasteiger partial charge in [0.1, 0.15) is 5.60 Å². The highest BCUT2D eigenvalue weighted by atomic mass is 16.6. The minimum atomic E-state index is -0.480. The average molecular weight is 302 g/mol. The molecule has 0 spiro atoms. The molecule has 0 atom stereocenters. The molecule has 0 bridgehead atoms. The van der Waals surface area contributed by atoms with Crippen molar-refractivity contribution in [2.45, 2.75) is 33.3 Å². The Hall–Kier alpha value is -0.850. The van der Waals surface area contributed by atoms with E-state index in [1.165, 1.54) is 0 Å². The summed E-state index contributed by atoms with van der Waals surface area (Å²) in [6.45, 7) is 12.7. The number of hydrogen-bond acceptors (Lipinski definition) is 5. The Morgan fingerprint density at radius 3 is 2.48 bits per heavy atom. The number of ether oxygens (including phenoxy) is 3. The lowest BCUT2D eigenvalue weighted by Gasteiger charge is -2.38. The van der Waals surface area contributed by atoms with Gasteiger partial charge >= 0.3 is 6.09 Å². The fourth-order valence-electron chi connectivity index (χ4n) is 1.98. The third-order valence-electron chi connectivity index (χ3n) is 3.23. The molecule has 0 aromatic heterocycles. The predicted molar refractivity (Wildman–Crippen MR) is 81.5 cm³/mol. The molecule has 1 N–H and O–H groups in total. The van der Waals surface area contributed by atoms with Crippen molar-refractivity contribution < 1.29 is 19.0 Å². The zero-order valence-corrected chi connectivity index (χ0v) is 14.0. The molecule has 1 aliphatic heterocycles. The van der Waals surface area contributed by atoms with Crippen LogP contribution in [0.15, 0.2) is 0 Å². The maximum absolute atomic E-state index is 12.1. The van der Waals surface area contributed by atoms with E-state index >= 15 is 0 Å². The smallest absolute Gasteiger partial charge is 0.410 e. The topological polar surface area (TPSA) is 60.0 Å². The monoisotopic (exact) mass is 302 g/mol. The van der Waals surface area contributed by atoms with E-state index in [0.717, 1.165) is 26.3 Å². The van der Waals surface area contributed by atoms with Crippen LogP contribution < -0.4 is 5.32 Å². The molecule has 1 fully saturated rings. The number of carbonyl (C=O) groups excluding carboxylic acids is 1. The Bertz CT molecular complexity index is 324. The summed E-state index contributed by atoms with van der Waals surface area (Å²) < 4.78 is 15.7. The van der Waals surface area contributed by atoms with Gasteiger partial charge in [-0.2, -0.15) is 0 Å². The van der Waals surface area contributed by atoms with E-state index in [-0.39, 0.29) is 11.5 Å². The van der Waals surface area contributed by atoms with Crippen molar-refractivity contribution in [2.24, 2.45) is 5.41 Å². The van der Waals surface area contributed by atoms with Gasteiger partial charge in [-0.25, -0.2) is 4.79 Å². The second kappa shape index (κ2) is 7.96. The third-order valence-corrected chi connectivity index (χ3v) is 3.23. The number of hydrogen-bond donors (Lipinski definition) is 1. The van der Waals surface area contributed by atoms with Gasteiger partial charge in [0.15, 0.2) is 0 Å². The van der Waals surface area contributed by atoms with Gasteiger partial charge in [0.25, 0.3) is 0 Å². The molecule has 1 rings (SSSR count). The van der Waals surface area contributed by atoms with Crippen LogP contribution in [0.4, 0.5) is 4.79 Å². The van der Waals surface area contributed by atoms with Crippen LogP contribution in [0.3, 0.4) is 0 Å². The van der Waals surface area contributed by atoms with E-state index in [9.17, 15) is 4.79 Å². The summed E-state index contributed by atoms with van der Waals surface area (Å²) >= 11 is 0. The highest BCUT2D eigenvalue weighted by Gasteiger charge is 2.32. The standard InChI is InChI=1S/C15H30N2O4/c1-14(2,3)21-13(18)17(8-9-19-5)7-6-16-10-15(4)11-20-12-15/h16H,6-12H2,1-5H3. The highest BCUT2D eigenvalue weighted by Crippen LogP contribution is 2.24. The number of amides is 1. The van der Waals surface area contributed by atoms with Crippen LogP contribution in [-0.4, -0.2) is 69.7 Å². The zero-order chi connectivity index (χ0) is 15.9. The van der Waals surface area contributed by atoms with Crippen molar-refractivity contribution in [3.8, 4) is 0 Å². The van der Waals surface area contributed by atoms with E-state index in [1.54, 1.807) is 12.0 Å². The Morgan fingerprint density at radius 1 is 1.33 bits per heavy atom. The largest absolute Gasteiger partial charge is 0.444 e. The van der Waals surface area contributed by atoms with Crippen LogP contribution in [0.2, 0.25) is 0 Å². The SMILES string of the molecule is COCCN(CCNCC1(C)COC1)C(=O)OC(C)(C)C. The van der Waals surface area contributed by atoms with Gasteiger partial charge in [-0.15, -0.1) is 0 Å². The molecule has 1 amide bonds. The fourth-order valence-corrected chi connectivity index (χ4v) is 1.98. The molecule has 0 aromatic carbocycles. The molecule has 124 valence electrons. The van der Waals surface area contributed by atoms with Gasteiger partial charge in [-0.3, -0.25) is 0 Å². The van der Waals surface area contributed by atoms with Crippen LogP contribution in [0.25, 0.3) is 0 Å². The molecule has 6 heteroatoms. The maximum Gasteiger partial charge on any atom is 0.410 e. The molecule has 6 nitrogen and oxygen atoms in total. The Labute approximate surface area is 128 Å². The predicted octanol–water partition coefficient (Wildman–Crippen LogP) is 1.50. The Balaban J connectivity index is 2.32. The van der Waals surface area contributed by atoms with E-state index in [1.807, 2.05) is 20.8 Å². The van der Waals surface area contributed by atoms with Crippen LogP contribution in [0.5, 0.6) is 0 Å². The van der Waals surface area contributed by atoms with E-state index in [2.05, 4.69) is 12.2 Å². The molecule has 0 aliphatic carbocycles. The van der Waals surface area contributed by atoms with Crippen LogP contribution in [0, 0.1) is 5.41 Å². The third kappa shape index (κ3) is 7.11. The lowest BCUT2D eigenvalue weighted by Crippen LogP contribution is -2.49. The maximum atomic E-state index is 12.1. The second-order valence-electron chi connectivity index (χ2n) is 6.94. The summed E-state index contributed by atoms with van der Waals surface area (Å²) in [4.78, 5) is 13.8. The lowest BCUT2D eigenvalue weighted by molar-refractivity contribution is -0.0990. The summed E-state index contributed by atoms with van der Waals surface area (Å²) in [5, 5.41) is 3.38. The van der Waals surface area contributed by atoms with Crippen molar-refractivity contribution in [3.63, 3.8) is 0 Å². The minimum absolute atomic E-state index is 0.239. The molecule has 0 saturated carbocycles. The van der Waals surface area contributed by atoms with Crippen LogP contribution in [0.1, 0.15) is 27.7 Å². The first kappa shape index (κ1) is 18.2. The van der Waals surface area contributed by atoms with Crippen molar-refractivity contribution >= 4 is 6.09 Å². The van der Waals surface area contributed by atoms with E-state index in [4.69, 9.17) is 14.2 Å². The van der Waals surface area contributed by atoms with Crippen LogP contribution in [-0.2, 0) is 14.2 Å². The van der Waals surface area contributed by atoms with Gasteiger partial charge in [0, 0.05) is 38.7 Å². The Kier molecular flexibility index (Phi) is 6.90. The van der Waals surface area contributed by atoms with Crippen molar-refractivity contribution in [1.82, 2.24) is 10.2 Å². The van der Waals surface area contributed by atoms with Gasteiger partial charge in [0.2, 0.25) is 0 Å². The number of nitrogens with one attached hydrogen (secondary N) is 1. The summed E-state index contributed by atoms with van der Waals surface area (Å²) in [6, 6.07) is 0. The molecule has 0 aromatic rings. The quantitative estimate of drug-likeness (QED) is 0.689. The first-order chi connectivity index (χ1) is 9.76. The molecule has 1 aliphatic rings. The van der Waals surface area contributed by atoms with E-state index < -0.39 is 5.60 Å². The number of methoxy groups -OCH3 is 1. The van der Waals surface area contributed by atoms with Gasteiger partial charge in [-0.05, 0) is 20.8 Å². The van der Waals surface area contributed by atoms with E-state index in [0.29, 0.717) is 19.7 Å². The van der Waals surface area contributed by atoms with Crippen molar-refractivity contribution in [3.05, 3.63) is 0 Å². The molecular weight excluding hydrogens is 272 g/mol. The van der Waals surface area contributed by atoms with Gasteiger partial charge in [-0.1, -0.05) is 6.92 Å². The summed E-state index contributed by atoms with van der Waals surface area (Å²) in [5.74, 6) is 0. The first-order valence-electron chi connectivity index (χ1n) is 7.51. The van der Waals surface area contributed by atoms with Gasteiger partial charge < -0.3 is 24.4 Å². The van der Waals surface area contributed by atoms with Crippen molar-refractivity contribution in [2.75, 3.05) is 53.1 Å². The highest BCUT2D eigenvalue weighted by molar-refractivity contribution is 5.68. The second-order valence-corrected chi connectivity index (χ2v) is 6.94. The molecule has 0 unspecified atom stereocenters. The van der Waals surface area contributed by atoms with Crippen molar-refractivity contribution in [1.29, 1.82) is 0 Å². The van der Waals surface area contributed by atoms with Gasteiger partial charge in [0.05, 0.1) is 19.8 Å². The molecular formula is C15H30N2O4. The minimum Gasteiger partial charge on any atom is -0.444 e. The fraction of sp³-hybridized carbons (Fsp3) is 0.933. The summed E-state index contributed by atoms with van der Waals surface area (Å²) in [7, 11) is 1.63.